The number of fused-ring (bicyclic) bond motifs is 1. The Morgan fingerprint density at radius 2 is 2.00 bits per heavy atom. The van der Waals surface area contributed by atoms with Crippen molar-refractivity contribution in [1.29, 1.82) is 0 Å². The lowest BCUT2D eigenvalue weighted by Gasteiger charge is -2.11. The SMILES string of the molecule is Cl.Cl.O=C(CNCC1CC1)Nc1cc(-c2nnc3n2CCCCC3)ccc1F. The van der Waals surface area contributed by atoms with Crippen molar-refractivity contribution in [1.82, 2.24) is 20.1 Å². The Morgan fingerprint density at radius 1 is 1.18 bits per heavy atom. The first-order chi connectivity index (χ1) is 12.7. The third kappa shape index (κ3) is 5.43. The van der Waals surface area contributed by atoms with Crippen LogP contribution in [-0.2, 0) is 17.8 Å². The molecule has 6 nitrogen and oxygen atoms in total. The predicted octanol–water partition coefficient (Wildman–Crippen LogP) is 3.59. The molecule has 2 aromatic rings. The molecule has 0 radical (unpaired) electrons. The maximum atomic E-state index is 14.2. The normalized spacial score (nSPS) is 15.6. The van der Waals surface area contributed by atoms with Crippen molar-refractivity contribution < 1.29 is 9.18 Å². The zero-order valence-corrected chi connectivity index (χ0v) is 17.3. The topological polar surface area (TPSA) is 71.8 Å². The van der Waals surface area contributed by atoms with E-state index in [0.717, 1.165) is 49.6 Å². The van der Waals surface area contributed by atoms with Gasteiger partial charge in [0.15, 0.2) is 5.82 Å². The molecule has 2 heterocycles. The number of amides is 1. The van der Waals surface area contributed by atoms with E-state index < -0.39 is 5.82 Å². The van der Waals surface area contributed by atoms with Gasteiger partial charge in [-0.1, -0.05) is 6.42 Å². The number of nitrogens with zero attached hydrogens (tertiary/aromatic N) is 3. The molecule has 2 aliphatic rings. The summed E-state index contributed by atoms with van der Waals surface area (Å²) in [6.07, 6.45) is 6.78. The van der Waals surface area contributed by atoms with Gasteiger partial charge in [-0.15, -0.1) is 35.0 Å². The molecule has 0 atom stereocenters. The Bertz CT molecular complexity index is 810. The average molecular weight is 430 g/mol. The summed E-state index contributed by atoms with van der Waals surface area (Å²) in [4.78, 5) is 12.1. The lowest BCUT2D eigenvalue weighted by Crippen LogP contribution is -2.29. The van der Waals surface area contributed by atoms with Gasteiger partial charge in [0.2, 0.25) is 5.91 Å². The monoisotopic (exact) mass is 429 g/mol. The molecule has 0 unspecified atom stereocenters. The summed E-state index contributed by atoms with van der Waals surface area (Å²) in [6.45, 7) is 1.92. The minimum Gasteiger partial charge on any atom is -0.322 e. The summed E-state index contributed by atoms with van der Waals surface area (Å²) in [5.74, 6) is 1.74. The molecule has 0 bridgehead atoms. The van der Waals surface area contributed by atoms with Gasteiger partial charge in [0, 0.05) is 18.5 Å². The maximum Gasteiger partial charge on any atom is 0.238 e. The summed E-state index contributed by atoms with van der Waals surface area (Å²) >= 11 is 0. The van der Waals surface area contributed by atoms with E-state index in [-0.39, 0.29) is 43.0 Å². The van der Waals surface area contributed by atoms with E-state index in [9.17, 15) is 9.18 Å². The van der Waals surface area contributed by atoms with Crippen molar-refractivity contribution in [2.24, 2.45) is 5.92 Å². The Balaban J connectivity index is 0.00000140. The summed E-state index contributed by atoms with van der Waals surface area (Å²) in [5, 5.41) is 14.4. The lowest BCUT2D eigenvalue weighted by atomic mass is 10.1. The molecule has 0 saturated heterocycles. The number of carbonyl (C=O) groups is 1. The highest BCUT2D eigenvalue weighted by Gasteiger charge is 2.21. The van der Waals surface area contributed by atoms with Crippen LogP contribution in [0.4, 0.5) is 10.1 Å². The smallest absolute Gasteiger partial charge is 0.238 e. The van der Waals surface area contributed by atoms with Gasteiger partial charge in [-0.2, -0.15) is 0 Å². The number of aryl methyl sites for hydroxylation is 1. The highest BCUT2D eigenvalue weighted by Crippen LogP contribution is 2.28. The number of hydrogen-bond donors (Lipinski definition) is 2. The first-order valence-electron chi connectivity index (χ1n) is 9.43. The fraction of sp³-hybridized carbons (Fsp3) is 0.526. The van der Waals surface area contributed by atoms with Crippen molar-refractivity contribution in [3.63, 3.8) is 0 Å². The van der Waals surface area contributed by atoms with E-state index in [4.69, 9.17) is 0 Å². The molecule has 2 N–H and O–H groups in total. The van der Waals surface area contributed by atoms with Crippen LogP contribution >= 0.6 is 24.8 Å². The van der Waals surface area contributed by atoms with E-state index in [2.05, 4.69) is 25.4 Å². The van der Waals surface area contributed by atoms with E-state index in [0.29, 0.717) is 5.92 Å². The van der Waals surface area contributed by atoms with Crippen molar-refractivity contribution >= 4 is 36.4 Å². The molecule has 1 aromatic heterocycles. The number of carbonyl (C=O) groups excluding carboxylic acids is 1. The zero-order valence-electron chi connectivity index (χ0n) is 15.6. The largest absolute Gasteiger partial charge is 0.322 e. The minimum absolute atomic E-state index is 0. The van der Waals surface area contributed by atoms with E-state index in [1.807, 2.05) is 0 Å². The summed E-state index contributed by atoms with van der Waals surface area (Å²) in [7, 11) is 0. The second-order valence-corrected chi connectivity index (χ2v) is 7.22. The third-order valence-electron chi connectivity index (χ3n) is 5.02. The molecule has 154 valence electrons. The van der Waals surface area contributed by atoms with Gasteiger partial charge in [0.05, 0.1) is 12.2 Å². The number of halogens is 3. The number of nitrogens with one attached hydrogen (secondary N) is 2. The summed E-state index contributed by atoms with van der Waals surface area (Å²) in [6, 6.07) is 4.72. The van der Waals surface area contributed by atoms with Crippen LogP contribution in [0.1, 0.15) is 37.9 Å². The van der Waals surface area contributed by atoms with Gasteiger partial charge < -0.3 is 15.2 Å². The highest BCUT2D eigenvalue weighted by molar-refractivity contribution is 5.93. The van der Waals surface area contributed by atoms with Crippen molar-refractivity contribution in [2.75, 3.05) is 18.4 Å². The van der Waals surface area contributed by atoms with E-state index >= 15 is 0 Å². The quantitative estimate of drug-likeness (QED) is 0.735. The maximum absolute atomic E-state index is 14.2. The van der Waals surface area contributed by atoms with Crippen molar-refractivity contribution in [3.05, 3.63) is 29.8 Å². The third-order valence-corrected chi connectivity index (χ3v) is 5.02. The molecule has 1 amide bonds. The molecule has 1 saturated carbocycles. The van der Waals surface area contributed by atoms with Crippen LogP contribution in [0.3, 0.4) is 0 Å². The lowest BCUT2D eigenvalue weighted by molar-refractivity contribution is -0.115. The predicted molar refractivity (Wildman–Crippen MR) is 112 cm³/mol. The van der Waals surface area contributed by atoms with Gasteiger partial charge in [-0.25, -0.2) is 4.39 Å². The Labute approximate surface area is 176 Å². The molecule has 1 aliphatic carbocycles. The molecule has 1 aliphatic heterocycles. The number of rotatable bonds is 6. The van der Waals surface area contributed by atoms with E-state index in [1.54, 1.807) is 12.1 Å². The second kappa shape index (κ2) is 10.2. The van der Waals surface area contributed by atoms with Crippen molar-refractivity contribution in [2.45, 2.75) is 45.1 Å². The number of aromatic nitrogens is 3. The van der Waals surface area contributed by atoms with Crippen molar-refractivity contribution in [3.8, 4) is 11.4 Å². The number of benzene rings is 1. The van der Waals surface area contributed by atoms with Crippen LogP contribution in [-0.4, -0.2) is 33.8 Å². The van der Waals surface area contributed by atoms with Gasteiger partial charge in [0.1, 0.15) is 11.6 Å². The molecule has 0 spiro atoms. The van der Waals surface area contributed by atoms with Crippen LogP contribution in [0.5, 0.6) is 0 Å². The second-order valence-electron chi connectivity index (χ2n) is 7.22. The summed E-state index contributed by atoms with van der Waals surface area (Å²) in [5.41, 5.74) is 0.958. The van der Waals surface area contributed by atoms with E-state index in [1.165, 1.54) is 25.3 Å². The molecule has 9 heteroatoms. The molecule has 1 fully saturated rings. The molecule has 1 aromatic carbocycles. The first kappa shape index (κ1) is 22.6. The fourth-order valence-corrected chi connectivity index (χ4v) is 3.36. The van der Waals surface area contributed by atoms with Crippen LogP contribution in [0.2, 0.25) is 0 Å². The van der Waals surface area contributed by atoms with Gasteiger partial charge in [-0.3, -0.25) is 4.79 Å². The molecular weight excluding hydrogens is 404 g/mol. The Hall–Kier alpha value is -1.70. The van der Waals surface area contributed by atoms with Crippen LogP contribution in [0, 0.1) is 11.7 Å². The summed E-state index contributed by atoms with van der Waals surface area (Å²) < 4.78 is 16.3. The molecular formula is C19H26Cl2FN5O. The average Bonchev–Trinajstić information content (AvgIpc) is 3.41. The van der Waals surface area contributed by atoms with Crippen LogP contribution in [0.25, 0.3) is 11.4 Å². The Kier molecular flexibility index (Phi) is 8.22. The van der Waals surface area contributed by atoms with Gasteiger partial charge in [-0.05, 0) is 56.3 Å². The zero-order chi connectivity index (χ0) is 17.9. The highest BCUT2D eigenvalue weighted by atomic mass is 35.5. The molecule has 4 rings (SSSR count). The van der Waals surface area contributed by atoms with Gasteiger partial charge >= 0.3 is 0 Å². The standard InChI is InChI=1S/C19H24FN5O.2ClH/c20-15-8-7-14(19-24-23-17-4-2-1-3-9-25(17)19)10-16(15)22-18(26)12-21-11-13-5-6-13;;/h7-8,10,13,21H,1-6,9,11-12H2,(H,22,26);2*1H. The van der Waals surface area contributed by atoms with Gasteiger partial charge in [0.25, 0.3) is 0 Å². The first-order valence-corrected chi connectivity index (χ1v) is 9.43. The van der Waals surface area contributed by atoms with Crippen LogP contribution in [0.15, 0.2) is 18.2 Å². The minimum atomic E-state index is -0.445. The molecule has 28 heavy (non-hydrogen) atoms. The number of hydrogen-bond acceptors (Lipinski definition) is 4. The number of anilines is 1. The Morgan fingerprint density at radius 3 is 2.79 bits per heavy atom. The fourth-order valence-electron chi connectivity index (χ4n) is 3.36. The van der Waals surface area contributed by atoms with Crippen LogP contribution < -0.4 is 10.6 Å².